The Bertz CT molecular complexity index is 1290. The van der Waals surface area contributed by atoms with Gasteiger partial charge in [-0.05, 0) is 44.8 Å². The van der Waals surface area contributed by atoms with Crippen LogP contribution in [0.2, 0.25) is 0 Å². The third-order valence-electron chi connectivity index (χ3n) is 10.4. The van der Waals surface area contributed by atoms with E-state index >= 15 is 0 Å². The summed E-state index contributed by atoms with van der Waals surface area (Å²) >= 11 is 3.22. The van der Waals surface area contributed by atoms with Crippen molar-refractivity contribution in [2.24, 2.45) is 11.3 Å². The van der Waals surface area contributed by atoms with Crippen LogP contribution in [-0.4, -0.2) is 134 Å². The van der Waals surface area contributed by atoms with Crippen molar-refractivity contribution in [3.05, 3.63) is 34.9 Å². The summed E-state index contributed by atoms with van der Waals surface area (Å²) in [5.41, 5.74) is -0.417. The van der Waals surface area contributed by atoms with Crippen LogP contribution in [0.5, 0.6) is 0 Å². The molecule has 0 aromatic rings. The van der Waals surface area contributed by atoms with Crippen LogP contribution in [0.15, 0.2) is 34.9 Å². The molecule has 3 N–H and O–H groups in total. The van der Waals surface area contributed by atoms with Crippen LogP contribution in [0.3, 0.4) is 0 Å². The van der Waals surface area contributed by atoms with Crippen LogP contribution in [0.25, 0.3) is 0 Å². The molecule has 0 amide bonds. The molecule has 4 aliphatic rings. The van der Waals surface area contributed by atoms with Crippen molar-refractivity contribution in [1.82, 2.24) is 0 Å². The second-order valence-electron chi connectivity index (χ2n) is 14.4. The normalized spacial score (nSPS) is 45.2. The lowest BCUT2D eigenvalue weighted by Gasteiger charge is -2.50. The van der Waals surface area contributed by atoms with Crippen LogP contribution in [0.1, 0.15) is 60.8 Å². The zero-order valence-corrected chi connectivity index (χ0v) is 32.4. The number of carbonyl (C=O) groups excluding carboxylic acids is 2. The number of aliphatic hydroxyl groups is 3. The van der Waals surface area contributed by atoms with Crippen LogP contribution >= 0.6 is 15.9 Å². The van der Waals surface area contributed by atoms with Gasteiger partial charge >= 0.3 is 5.97 Å². The van der Waals surface area contributed by atoms with Gasteiger partial charge in [0.2, 0.25) is 0 Å². The predicted molar refractivity (Wildman–Crippen MR) is 185 cm³/mol. The van der Waals surface area contributed by atoms with E-state index in [1.165, 1.54) is 34.3 Å². The Morgan fingerprint density at radius 3 is 2.14 bits per heavy atom. The van der Waals surface area contributed by atoms with Crippen LogP contribution in [0, 0.1) is 11.3 Å². The first kappa shape index (κ1) is 42.1. The third kappa shape index (κ3) is 9.38. The molecule has 4 heterocycles. The van der Waals surface area contributed by atoms with Gasteiger partial charge in [0.05, 0.1) is 29.8 Å². The highest BCUT2D eigenvalue weighted by Crippen LogP contribution is 2.44. The molecular weight excluding hydrogens is 736 g/mol. The van der Waals surface area contributed by atoms with E-state index in [0.717, 1.165) is 0 Å². The topological polar surface area (TPSA) is 178 Å². The molecule has 290 valence electrons. The summed E-state index contributed by atoms with van der Waals surface area (Å²) in [5, 5.41) is 33.2. The molecular formula is C36H55BrO14. The van der Waals surface area contributed by atoms with Gasteiger partial charge < -0.3 is 58.0 Å². The highest BCUT2D eigenvalue weighted by Gasteiger charge is 2.56. The first-order chi connectivity index (χ1) is 24.0. The largest absolute Gasteiger partial charge is 0.457 e. The Hall–Kier alpha value is -1.60. The van der Waals surface area contributed by atoms with Crippen molar-refractivity contribution in [2.75, 3.05) is 21.3 Å². The fourth-order valence-electron chi connectivity index (χ4n) is 7.09. The van der Waals surface area contributed by atoms with Gasteiger partial charge in [-0.2, -0.15) is 0 Å². The van der Waals surface area contributed by atoms with E-state index in [9.17, 15) is 24.9 Å². The average Bonchev–Trinajstić information content (AvgIpc) is 3.06. The summed E-state index contributed by atoms with van der Waals surface area (Å²) in [6.45, 7) is 10.2. The van der Waals surface area contributed by atoms with E-state index < -0.39 is 103 Å². The van der Waals surface area contributed by atoms with Crippen molar-refractivity contribution in [1.29, 1.82) is 0 Å². The van der Waals surface area contributed by atoms with Gasteiger partial charge in [0.15, 0.2) is 24.2 Å². The van der Waals surface area contributed by atoms with Gasteiger partial charge in [0, 0.05) is 40.6 Å². The van der Waals surface area contributed by atoms with Gasteiger partial charge in [0.25, 0.3) is 0 Å². The van der Waals surface area contributed by atoms with Crippen LogP contribution in [-0.2, 0) is 52.2 Å². The molecule has 0 unspecified atom stereocenters. The molecule has 0 radical (unpaired) electrons. The number of methoxy groups -OCH3 is 3. The number of esters is 1. The van der Waals surface area contributed by atoms with E-state index in [1.54, 1.807) is 57.8 Å². The van der Waals surface area contributed by atoms with E-state index in [2.05, 4.69) is 15.9 Å². The number of carbonyl (C=O) groups is 2. The van der Waals surface area contributed by atoms with E-state index in [1.807, 2.05) is 0 Å². The van der Waals surface area contributed by atoms with Gasteiger partial charge in [-0.15, -0.1) is 0 Å². The number of hydrogen-bond acceptors (Lipinski definition) is 14. The maximum Gasteiger partial charge on any atom is 0.314 e. The number of rotatable bonds is 9. The van der Waals surface area contributed by atoms with Crippen molar-refractivity contribution >= 4 is 27.7 Å². The Labute approximate surface area is 308 Å². The maximum atomic E-state index is 13.8. The molecule has 4 rings (SSSR count). The average molecular weight is 792 g/mol. The van der Waals surface area contributed by atoms with Crippen LogP contribution in [0.4, 0.5) is 0 Å². The fourth-order valence-corrected chi connectivity index (χ4v) is 7.27. The molecule has 2 bridgehead atoms. The number of cyclic esters (lactones) is 1. The molecule has 15 atom stereocenters. The highest BCUT2D eigenvalue weighted by atomic mass is 79.9. The Morgan fingerprint density at radius 1 is 0.882 bits per heavy atom. The number of ketones is 1. The molecule has 0 aromatic carbocycles. The van der Waals surface area contributed by atoms with Crippen LogP contribution < -0.4 is 0 Å². The van der Waals surface area contributed by atoms with E-state index in [4.69, 9.17) is 42.6 Å². The fraction of sp³-hybridized carbons (Fsp3) is 0.778. The molecule has 0 aromatic heterocycles. The zero-order chi connectivity index (χ0) is 37.8. The minimum atomic E-state index is -2.08. The molecule has 4 aliphatic heterocycles. The molecule has 0 saturated carbocycles. The maximum absolute atomic E-state index is 13.8. The summed E-state index contributed by atoms with van der Waals surface area (Å²) in [7, 11) is 4.33. The minimum absolute atomic E-state index is 0.158. The number of ether oxygens (including phenoxy) is 9. The lowest BCUT2D eigenvalue weighted by atomic mass is 9.75. The number of aliphatic hydroxyl groups excluding tert-OH is 2. The quantitative estimate of drug-likeness (QED) is 0.230. The molecule has 3 saturated heterocycles. The Balaban J connectivity index is 1.65. The summed E-state index contributed by atoms with van der Waals surface area (Å²) in [4.78, 5) is 29.0. The molecule has 14 nitrogen and oxygen atoms in total. The van der Waals surface area contributed by atoms with Crippen molar-refractivity contribution in [3.63, 3.8) is 0 Å². The highest BCUT2D eigenvalue weighted by molar-refractivity contribution is 9.11. The first-order valence-corrected chi connectivity index (χ1v) is 18.2. The zero-order valence-electron chi connectivity index (χ0n) is 30.8. The van der Waals surface area contributed by atoms with Crippen molar-refractivity contribution in [3.8, 4) is 0 Å². The Kier molecular flexibility index (Phi) is 14.6. The third-order valence-corrected chi connectivity index (χ3v) is 10.7. The molecule has 3 fully saturated rings. The number of halogens is 1. The summed E-state index contributed by atoms with van der Waals surface area (Å²) in [5.74, 6) is -4.14. The standard InChI is InChI=1S/C36H55BrO14/c1-18-14-22(12-10-11-13-37)48-32(41)19(2)36(42)17-23(16-25(51-36)35(5,6)24(38)15-18)49-34-31(45-9)30(28(43-7)21(4)47-34)50-33-29(44-8)27(40)26(39)20(3)46-33/h10-13,15,19-23,25-31,33-34,39-40,42H,14,16-17H2,1-9H3/b12-10+,13-11+,18-15+/t19-,20+,21+,22+,23-,25-,26+,27-,28+,29-,30-,31-,33+,34+,36+/m1/s1. The Morgan fingerprint density at radius 2 is 1.51 bits per heavy atom. The number of allylic oxidation sites excluding steroid dienone is 3. The van der Waals surface area contributed by atoms with Gasteiger partial charge in [-0.25, -0.2) is 0 Å². The van der Waals surface area contributed by atoms with Gasteiger partial charge in [-0.1, -0.05) is 47.5 Å². The predicted octanol–water partition coefficient (Wildman–Crippen LogP) is 2.84. The number of fused-ring (bicyclic) bond motifs is 2. The van der Waals surface area contributed by atoms with Crippen molar-refractivity contribution < 1.29 is 67.5 Å². The molecule has 15 heteroatoms. The second-order valence-corrected chi connectivity index (χ2v) is 15.0. The van der Waals surface area contributed by atoms with Gasteiger partial charge in [-0.3, -0.25) is 9.59 Å². The lowest BCUT2D eigenvalue weighted by molar-refractivity contribution is -0.373. The SMILES string of the molecule is CO[C@@H]1[C@@H](O[C@@H]2O[C@@H](C)[C@H](O)[C@@H](O)[C@H]2OC)[C@@H](OC)[C@H](O[C@@H]2C[C@H]3O[C@@](O)(C2)[C@H](C)C(=O)O[C@@H](/C=C/C=C/Br)C/C(C)=C/C(=O)C3(C)C)O[C@H]1C. The van der Waals surface area contributed by atoms with E-state index in [-0.39, 0.29) is 18.6 Å². The molecule has 0 spiro atoms. The molecule has 0 aliphatic carbocycles. The lowest BCUT2D eigenvalue weighted by Crippen LogP contribution is -2.65. The van der Waals surface area contributed by atoms with Gasteiger partial charge in [0.1, 0.15) is 48.6 Å². The summed E-state index contributed by atoms with van der Waals surface area (Å²) in [6.07, 6.45) is -4.99. The molecule has 51 heavy (non-hydrogen) atoms. The summed E-state index contributed by atoms with van der Waals surface area (Å²) in [6, 6.07) is 0. The number of hydrogen-bond donors (Lipinski definition) is 3. The minimum Gasteiger partial charge on any atom is -0.457 e. The smallest absolute Gasteiger partial charge is 0.314 e. The first-order valence-electron chi connectivity index (χ1n) is 17.3. The summed E-state index contributed by atoms with van der Waals surface area (Å²) < 4.78 is 54.5. The van der Waals surface area contributed by atoms with E-state index in [0.29, 0.717) is 12.0 Å². The second kappa shape index (κ2) is 17.7. The monoisotopic (exact) mass is 790 g/mol. The van der Waals surface area contributed by atoms with Crippen molar-refractivity contribution in [2.45, 2.75) is 146 Å².